The van der Waals surface area contributed by atoms with Crippen LogP contribution in [0.1, 0.15) is 39.4 Å². The van der Waals surface area contributed by atoms with E-state index in [-0.39, 0.29) is 11.0 Å². The summed E-state index contributed by atoms with van der Waals surface area (Å²) in [6.45, 7) is 8.04. The Bertz CT molecular complexity index is 355. The summed E-state index contributed by atoms with van der Waals surface area (Å²) in [6, 6.07) is 0. The molecule has 1 atom stereocenters. The molecule has 2 heterocycles. The number of hydrogen-bond acceptors (Lipinski definition) is 3. The SMILES string of the molecule is Cn1ncnc1CC1(C(C)(C)C)CCCN1. The van der Waals surface area contributed by atoms with E-state index in [2.05, 4.69) is 36.2 Å². The number of nitrogens with one attached hydrogen (secondary N) is 1. The highest BCUT2D eigenvalue weighted by atomic mass is 15.3. The molecule has 0 amide bonds. The monoisotopic (exact) mass is 222 g/mol. The van der Waals surface area contributed by atoms with Gasteiger partial charge in [0.2, 0.25) is 0 Å². The molecule has 2 rings (SSSR count). The van der Waals surface area contributed by atoms with E-state index in [1.165, 1.54) is 12.8 Å². The predicted molar refractivity (Wildman–Crippen MR) is 64.1 cm³/mol. The Morgan fingerprint density at radius 3 is 2.69 bits per heavy atom. The van der Waals surface area contributed by atoms with Gasteiger partial charge in [-0.1, -0.05) is 20.8 Å². The standard InChI is InChI=1S/C12H22N4/c1-11(2,3)12(6-5-7-14-12)8-10-13-9-15-16(10)4/h9,14H,5-8H2,1-4H3. The van der Waals surface area contributed by atoms with Gasteiger partial charge < -0.3 is 5.32 Å². The molecule has 1 unspecified atom stereocenters. The van der Waals surface area contributed by atoms with Gasteiger partial charge in [0.25, 0.3) is 0 Å². The molecule has 16 heavy (non-hydrogen) atoms. The van der Waals surface area contributed by atoms with Gasteiger partial charge in [0, 0.05) is 19.0 Å². The van der Waals surface area contributed by atoms with Crippen molar-refractivity contribution in [1.82, 2.24) is 20.1 Å². The normalized spacial score (nSPS) is 26.2. The van der Waals surface area contributed by atoms with Gasteiger partial charge in [-0.3, -0.25) is 4.68 Å². The summed E-state index contributed by atoms with van der Waals surface area (Å²) in [6.07, 6.45) is 5.09. The molecule has 1 aromatic heterocycles. The van der Waals surface area contributed by atoms with Crippen LogP contribution in [-0.4, -0.2) is 26.8 Å². The van der Waals surface area contributed by atoms with E-state index in [0.29, 0.717) is 0 Å². The van der Waals surface area contributed by atoms with Crippen LogP contribution in [0.3, 0.4) is 0 Å². The van der Waals surface area contributed by atoms with Crippen molar-refractivity contribution in [3.63, 3.8) is 0 Å². The number of hydrogen-bond donors (Lipinski definition) is 1. The van der Waals surface area contributed by atoms with Gasteiger partial charge in [0.15, 0.2) is 0 Å². The Labute approximate surface area is 97.5 Å². The fraction of sp³-hybridized carbons (Fsp3) is 0.833. The fourth-order valence-electron chi connectivity index (χ4n) is 2.61. The molecule has 0 aromatic carbocycles. The van der Waals surface area contributed by atoms with Crippen LogP contribution in [0.5, 0.6) is 0 Å². The lowest BCUT2D eigenvalue weighted by molar-refractivity contribution is 0.155. The first kappa shape index (κ1) is 11.6. The Morgan fingerprint density at radius 1 is 1.50 bits per heavy atom. The van der Waals surface area contributed by atoms with Gasteiger partial charge in [-0.05, 0) is 24.8 Å². The zero-order valence-electron chi connectivity index (χ0n) is 10.7. The third-order valence-corrected chi connectivity index (χ3v) is 3.94. The Kier molecular flexibility index (Phi) is 2.78. The molecular formula is C12H22N4. The summed E-state index contributed by atoms with van der Waals surface area (Å²) in [5.41, 5.74) is 0.420. The molecule has 1 fully saturated rings. The van der Waals surface area contributed by atoms with Crippen molar-refractivity contribution in [2.45, 2.75) is 45.6 Å². The van der Waals surface area contributed by atoms with Crippen LogP contribution in [0.15, 0.2) is 6.33 Å². The lowest BCUT2D eigenvalue weighted by Gasteiger charge is -2.42. The molecule has 0 bridgehead atoms. The smallest absolute Gasteiger partial charge is 0.138 e. The van der Waals surface area contributed by atoms with E-state index in [4.69, 9.17) is 0 Å². The molecule has 4 nitrogen and oxygen atoms in total. The second-order valence-electron chi connectivity index (χ2n) is 5.84. The number of rotatable bonds is 2. The van der Waals surface area contributed by atoms with E-state index >= 15 is 0 Å². The third-order valence-electron chi connectivity index (χ3n) is 3.94. The summed E-state index contributed by atoms with van der Waals surface area (Å²) in [5.74, 6) is 1.07. The van der Waals surface area contributed by atoms with Crippen LogP contribution in [0.4, 0.5) is 0 Å². The second kappa shape index (κ2) is 3.84. The molecule has 1 aliphatic rings. The van der Waals surface area contributed by atoms with Crippen LogP contribution in [0, 0.1) is 5.41 Å². The van der Waals surface area contributed by atoms with Gasteiger partial charge in [-0.25, -0.2) is 4.98 Å². The Hall–Kier alpha value is -0.900. The number of nitrogens with zero attached hydrogens (tertiary/aromatic N) is 3. The first-order valence-electron chi connectivity index (χ1n) is 6.03. The van der Waals surface area contributed by atoms with Crippen LogP contribution >= 0.6 is 0 Å². The number of aromatic nitrogens is 3. The summed E-state index contributed by atoms with van der Waals surface area (Å²) in [4.78, 5) is 4.35. The van der Waals surface area contributed by atoms with Crippen LogP contribution in [0.2, 0.25) is 0 Å². The average molecular weight is 222 g/mol. The van der Waals surface area contributed by atoms with Gasteiger partial charge >= 0.3 is 0 Å². The van der Waals surface area contributed by atoms with Crippen molar-refractivity contribution >= 4 is 0 Å². The van der Waals surface area contributed by atoms with Crippen molar-refractivity contribution in [3.05, 3.63) is 12.2 Å². The van der Waals surface area contributed by atoms with Gasteiger partial charge in [-0.15, -0.1) is 0 Å². The lowest BCUT2D eigenvalue weighted by Crippen LogP contribution is -2.53. The maximum Gasteiger partial charge on any atom is 0.138 e. The Morgan fingerprint density at radius 2 is 2.25 bits per heavy atom. The first-order valence-corrected chi connectivity index (χ1v) is 6.03. The van der Waals surface area contributed by atoms with Crippen LogP contribution in [-0.2, 0) is 13.5 Å². The predicted octanol–water partition coefficient (Wildman–Crippen LogP) is 1.53. The number of aryl methyl sites for hydroxylation is 1. The summed E-state index contributed by atoms with van der Waals surface area (Å²) < 4.78 is 1.88. The molecule has 0 spiro atoms. The maximum atomic E-state index is 4.35. The molecule has 90 valence electrons. The van der Waals surface area contributed by atoms with Gasteiger partial charge in [0.1, 0.15) is 12.2 Å². The third kappa shape index (κ3) is 1.86. The molecule has 1 aliphatic heterocycles. The van der Waals surface area contributed by atoms with Crippen molar-refractivity contribution in [1.29, 1.82) is 0 Å². The van der Waals surface area contributed by atoms with Crippen LogP contribution < -0.4 is 5.32 Å². The average Bonchev–Trinajstić information content (AvgIpc) is 2.77. The molecule has 0 radical (unpaired) electrons. The maximum absolute atomic E-state index is 4.35. The highest BCUT2D eigenvalue weighted by Crippen LogP contribution is 2.39. The largest absolute Gasteiger partial charge is 0.310 e. The minimum Gasteiger partial charge on any atom is -0.310 e. The van der Waals surface area contributed by atoms with Crippen LogP contribution in [0.25, 0.3) is 0 Å². The highest BCUT2D eigenvalue weighted by Gasteiger charge is 2.44. The minimum atomic E-state index is 0.174. The van der Waals surface area contributed by atoms with E-state index in [0.717, 1.165) is 18.8 Å². The lowest BCUT2D eigenvalue weighted by atomic mass is 9.70. The molecule has 0 aliphatic carbocycles. The summed E-state index contributed by atoms with van der Waals surface area (Å²) in [5, 5.41) is 7.84. The zero-order valence-corrected chi connectivity index (χ0v) is 10.7. The van der Waals surface area contributed by atoms with Crippen molar-refractivity contribution in [2.24, 2.45) is 12.5 Å². The van der Waals surface area contributed by atoms with E-state index in [1.807, 2.05) is 11.7 Å². The molecule has 1 saturated heterocycles. The first-order chi connectivity index (χ1) is 7.45. The second-order valence-corrected chi connectivity index (χ2v) is 5.84. The van der Waals surface area contributed by atoms with Crippen molar-refractivity contribution < 1.29 is 0 Å². The topological polar surface area (TPSA) is 42.7 Å². The molecule has 4 heteroatoms. The van der Waals surface area contributed by atoms with E-state index in [1.54, 1.807) is 6.33 Å². The molecule has 1 aromatic rings. The summed E-state index contributed by atoms with van der Waals surface area (Å²) >= 11 is 0. The highest BCUT2D eigenvalue weighted by molar-refractivity contribution is 5.07. The minimum absolute atomic E-state index is 0.174. The van der Waals surface area contributed by atoms with E-state index < -0.39 is 0 Å². The van der Waals surface area contributed by atoms with Crippen molar-refractivity contribution in [2.75, 3.05) is 6.54 Å². The molecule has 1 N–H and O–H groups in total. The van der Waals surface area contributed by atoms with Crippen molar-refractivity contribution in [3.8, 4) is 0 Å². The van der Waals surface area contributed by atoms with Gasteiger partial charge in [-0.2, -0.15) is 5.10 Å². The summed E-state index contributed by atoms with van der Waals surface area (Å²) in [7, 11) is 1.97. The van der Waals surface area contributed by atoms with E-state index in [9.17, 15) is 0 Å². The van der Waals surface area contributed by atoms with Gasteiger partial charge in [0.05, 0.1) is 0 Å². The quantitative estimate of drug-likeness (QED) is 0.825. The molecule has 0 saturated carbocycles. The molecular weight excluding hydrogens is 200 g/mol. The fourth-order valence-corrected chi connectivity index (χ4v) is 2.61. The zero-order chi connectivity index (χ0) is 11.8. The Balaban J connectivity index is 2.25.